The molecular weight excluding hydrogens is 646 g/mol. The standard InChI is InChI=1S/C35H45N7O8/c1-20(22-8-5-4-6-9-22)38-34(49)29-16-26(18-42(29)35(50)28(12-13-30(44)45)41-31(46)21(2)36-3)40-33(48)24-11-7-10-23(14-24)32(47)39-25-15-27(19-43)37-17-25/h4-11,14,19-21,25-29,36-37H,12-13,15-18H2,1-3H3,(H,38,49)(H,39,47)(H,40,48)(H,41,46)(H,44,45)/t20-,21+,25+,26+,27+,28+,29?/m1/s1. The molecule has 15 nitrogen and oxygen atoms in total. The van der Waals surface area contributed by atoms with Gasteiger partial charge in [0.05, 0.1) is 18.1 Å². The number of aliphatic carboxylic acids is 1. The van der Waals surface area contributed by atoms with Crippen LogP contribution in [-0.2, 0) is 24.0 Å². The Morgan fingerprint density at radius 1 is 0.920 bits per heavy atom. The first kappa shape index (κ1) is 37.7. The molecule has 15 heteroatoms. The van der Waals surface area contributed by atoms with E-state index in [-0.39, 0.29) is 42.6 Å². The third-order valence-electron chi connectivity index (χ3n) is 9.02. The van der Waals surface area contributed by atoms with Gasteiger partial charge in [0.2, 0.25) is 17.7 Å². The number of carbonyl (C=O) groups excluding carboxylic acids is 6. The Balaban J connectivity index is 1.52. The number of carboxylic acids is 1. The summed E-state index contributed by atoms with van der Waals surface area (Å²) < 4.78 is 0. The van der Waals surface area contributed by atoms with Crippen LogP contribution in [0.1, 0.15) is 71.9 Å². The van der Waals surface area contributed by atoms with Crippen LogP contribution in [0, 0.1) is 0 Å². The van der Waals surface area contributed by atoms with E-state index in [1.807, 2.05) is 30.3 Å². The number of hydrogen-bond donors (Lipinski definition) is 7. The molecule has 2 aromatic carbocycles. The molecule has 2 aromatic rings. The molecule has 4 rings (SSSR count). The number of likely N-dealkylation sites (tertiary alicyclic amines) is 1. The van der Waals surface area contributed by atoms with Crippen molar-refractivity contribution < 1.29 is 38.7 Å². The summed E-state index contributed by atoms with van der Waals surface area (Å²) in [6.45, 7) is 3.75. The molecule has 0 spiro atoms. The molecule has 2 saturated heterocycles. The van der Waals surface area contributed by atoms with Gasteiger partial charge in [0.15, 0.2) is 0 Å². The van der Waals surface area contributed by atoms with E-state index in [0.717, 1.165) is 11.8 Å². The monoisotopic (exact) mass is 691 g/mol. The second-order valence-electron chi connectivity index (χ2n) is 12.7. The van der Waals surface area contributed by atoms with Gasteiger partial charge in [-0.1, -0.05) is 36.4 Å². The lowest BCUT2D eigenvalue weighted by Gasteiger charge is -2.30. The Labute approximate surface area is 290 Å². The van der Waals surface area contributed by atoms with Crippen molar-refractivity contribution in [2.45, 2.75) is 81.8 Å². The van der Waals surface area contributed by atoms with E-state index >= 15 is 0 Å². The van der Waals surface area contributed by atoms with Crippen LogP contribution in [0.3, 0.4) is 0 Å². The van der Waals surface area contributed by atoms with Crippen LogP contribution in [0.5, 0.6) is 0 Å². The van der Waals surface area contributed by atoms with Gasteiger partial charge in [0, 0.05) is 42.7 Å². The number of aldehydes is 1. The lowest BCUT2D eigenvalue weighted by molar-refractivity contribution is -0.143. The van der Waals surface area contributed by atoms with Gasteiger partial charge in [-0.15, -0.1) is 0 Å². The summed E-state index contributed by atoms with van der Waals surface area (Å²) in [6, 6.07) is 10.7. The van der Waals surface area contributed by atoms with E-state index in [2.05, 4.69) is 31.9 Å². The number of nitrogens with zero attached hydrogens (tertiary/aromatic N) is 1. The summed E-state index contributed by atoms with van der Waals surface area (Å²) in [5, 5.41) is 26.4. The van der Waals surface area contributed by atoms with Gasteiger partial charge >= 0.3 is 5.97 Å². The minimum Gasteiger partial charge on any atom is -0.481 e. The van der Waals surface area contributed by atoms with Crippen molar-refractivity contribution in [2.24, 2.45) is 0 Å². The van der Waals surface area contributed by atoms with Crippen molar-refractivity contribution in [3.63, 3.8) is 0 Å². The summed E-state index contributed by atoms with van der Waals surface area (Å²) in [6.07, 6.45) is 0.688. The molecule has 7 atom stereocenters. The van der Waals surface area contributed by atoms with Crippen LogP contribution >= 0.6 is 0 Å². The molecule has 50 heavy (non-hydrogen) atoms. The van der Waals surface area contributed by atoms with Crippen molar-refractivity contribution in [2.75, 3.05) is 20.1 Å². The highest BCUT2D eigenvalue weighted by molar-refractivity contribution is 6.00. The lowest BCUT2D eigenvalue weighted by atomic mass is 10.1. The summed E-state index contributed by atoms with van der Waals surface area (Å²) in [4.78, 5) is 90.7. The van der Waals surface area contributed by atoms with Crippen molar-refractivity contribution >= 4 is 41.8 Å². The first-order valence-corrected chi connectivity index (χ1v) is 16.7. The minimum absolute atomic E-state index is 0.0457. The van der Waals surface area contributed by atoms with Crippen LogP contribution in [0.15, 0.2) is 54.6 Å². The smallest absolute Gasteiger partial charge is 0.303 e. The van der Waals surface area contributed by atoms with Gasteiger partial charge in [-0.3, -0.25) is 28.8 Å². The quantitative estimate of drug-likeness (QED) is 0.123. The molecule has 5 amide bonds. The molecule has 0 saturated carbocycles. The van der Waals surface area contributed by atoms with Gasteiger partial charge in [-0.05, 0) is 63.9 Å². The maximum Gasteiger partial charge on any atom is 0.303 e. The number of nitrogens with one attached hydrogen (secondary N) is 6. The summed E-state index contributed by atoms with van der Waals surface area (Å²) in [7, 11) is 1.57. The first-order valence-electron chi connectivity index (χ1n) is 16.7. The fourth-order valence-electron chi connectivity index (χ4n) is 6.04. The Bertz CT molecular complexity index is 1570. The second kappa shape index (κ2) is 17.5. The number of carbonyl (C=O) groups is 7. The number of carboxylic acid groups (broad SMARTS) is 1. The third kappa shape index (κ3) is 9.95. The first-order chi connectivity index (χ1) is 23.9. The molecule has 0 radical (unpaired) electrons. The van der Waals surface area contributed by atoms with Gasteiger partial charge in [0.1, 0.15) is 18.4 Å². The zero-order chi connectivity index (χ0) is 36.4. The average Bonchev–Trinajstić information content (AvgIpc) is 3.76. The number of rotatable bonds is 15. The zero-order valence-electron chi connectivity index (χ0n) is 28.3. The molecule has 268 valence electrons. The van der Waals surface area contributed by atoms with Gasteiger partial charge < -0.3 is 46.7 Å². The molecule has 2 heterocycles. The SMILES string of the molecule is CN[C@@H](C)C(=O)N[C@@H](CCC(=O)O)C(=O)N1C[C@@H](NC(=O)c2cccc(C(=O)N[C@@H]3CN[C@H](C=O)C3)c2)CC1C(=O)N[C@H](C)c1ccccc1. The van der Waals surface area contributed by atoms with Crippen LogP contribution in [0.25, 0.3) is 0 Å². The Morgan fingerprint density at radius 2 is 1.58 bits per heavy atom. The van der Waals surface area contributed by atoms with E-state index < -0.39 is 72.1 Å². The van der Waals surface area contributed by atoms with E-state index in [0.29, 0.717) is 13.0 Å². The molecule has 0 bridgehead atoms. The number of amides is 5. The predicted molar refractivity (Wildman–Crippen MR) is 182 cm³/mol. The maximum absolute atomic E-state index is 14.0. The van der Waals surface area contributed by atoms with Crippen LogP contribution in [-0.4, -0.2) is 108 Å². The van der Waals surface area contributed by atoms with Gasteiger partial charge in [-0.2, -0.15) is 0 Å². The zero-order valence-corrected chi connectivity index (χ0v) is 28.3. The molecule has 0 aliphatic carbocycles. The van der Waals surface area contributed by atoms with Crippen molar-refractivity contribution in [3.8, 4) is 0 Å². The van der Waals surface area contributed by atoms with Crippen molar-refractivity contribution in [1.82, 2.24) is 36.8 Å². The van der Waals surface area contributed by atoms with E-state index in [4.69, 9.17) is 0 Å². The maximum atomic E-state index is 14.0. The normalized spacial score (nSPS) is 21.7. The fourth-order valence-corrected chi connectivity index (χ4v) is 6.04. The van der Waals surface area contributed by atoms with E-state index in [1.165, 1.54) is 17.0 Å². The highest BCUT2D eigenvalue weighted by Gasteiger charge is 2.43. The molecular formula is C35H45N7O8. The van der Waals surface area contributed by atoms with Crippen LogP contribution in [0.2, 0.25) is 0 Å². The lowest BCUT2D eigenvalue weighted by Crippen LogP contribution is -2.56. The number of likely N-dealkylation sites (N-methyl/N-ethyl adjacent to an activating group) is 1. The van der Waals surface area contributed by atoms with E-state index in [1.54, 1.807) is 33.0 Å². The fraction of sp³-hybridized carbons (Fsp3) is 0.457. The summed E-state index contributed by atoms with van der Waals surface area (Å²) in [5.74, 6) is -3.73. The Morgan fingerprint density at radius 3 is 2.18 bits per heavy atom. The molecule has 1 unspecified atom stereocenters. The molecule has 2 aliphatic heterocycles. The van der Waals surface area contributed by atoms with Crippen LogP contribution in [0.4, 0.5) is 0 Å². The Hall–Kier alpha value is -5.15. The second-order valence-corrected chi connectivity index (χ2v) is 12.7. The summed E-state index contributed by atoms with van der Waals surface area (Å²) >= 11 is 0. The average molecular weight is 692 g/mol. The predicted octanol–water partition coefficient (Wildman–Crippen LogP) is -0.120. The molecule has 0 aromatic heterocycles. The van der Waals surface area contributed by atoms with E-state index in [9.17, 15) is 38.7 Å². The van der Waals surface area contributed by atoms with Gasteiger partial charge in [0.25, 0.3) is 11.8 Å². The highest BCUT2D eigenvalue weighted by Crippen LogP contribution is 2.23. The highest BCUT2D eigenvalue weighted by atomic mass is 16.4. The number of hydrogen-bond acceptors (Lipinski definition) is 9. The van der Waals surface area contributed by atoms with Gasteiger partial charge in [-0.25, -0.2) is 0 Å². The largest absolute Gasteiger partial charge is 0.481 e. The molecule has 7 N–H and O–H groups in total. The third-order valence-corrected chi connectivity index (χ3v) is 9.02. The topological polar surface area (TPSA) is 215 Å². The van der Waals surface area contributed by atoms with Crippen molar-refractivity contribution in [1.29, 1.82) is 0 Å². The minimum atomic E-state index is -1.24. The Kier molecular flexibility index (Phi) is 13.2. The number of benzene rings is 2. The van der Waals surface area contributed by atoms with Crippen LogP contribution < -0.4 is 31.9 Å². The molecule has 2 fully saturated rings. The van der Waals surface area contributed by atoms with Crippen molar-refractivity contribution in [3.05, 3.63) is 71.3 Å². The molecule has 2 aliphatic rings. The summed E-state index contributed by atoms with van der Waals surface area (Å²) in [5.41, 5.74) is 1.27.